The van der Waals surface area contributed by atoms with E-state index in [2.05, 4.69) is 5.32 Å². The lowest BCUT2D eigenvalue weighted by Gasteiger charge is -2.21. The van der Waals surface area contributed by atoms with Crippen LogP contribution in [0.1, 0.15) is 40.5 Å². The van der Waals surface area contributed by atoms with E-state index >= 15 is 0 Å². The van der Waals surface area contributed by atoms with E-state index < -0.39 is 21.5 Å². The molecular weight excluding hydrogens is 252 g/mol. The Bertz CT molecular complexity index is 362. The fourth-order valence-corrected chi connectivity index (χ4v) is 2.72. The highest BCUT2D eigenvalue weighted by Crippen LogP contribution is 2.20. The molecule has 0 saturated carbocycles. The maximum Gasteiger partial charge on any atom is 0.235 e. The van der Waals surface area contributed by atoms with Crippen LogP contribution in [0.5, 0.6) is 0 Å². The molecule has 0 atom stereocenters. The number of carbonyl (C=O) groups is 1. The number of sulfone groups is 1. The lowest BCUT2D eigenvalue weighted by molar-refractivity contribution is -0.119. The maximum atomic E-state index is 11.7. The first kappa shape index (κ1) is 17.4. The minimum atomic E-state index is -3.31. The van der Waals surface area contributed by atoms with E-state index in [1.807, 2.05) is 13.8 Å². The van der Waals surface area contributed by atoms with Crippen LogP contribution in [0, 0.1) is 5.41 Å². The van der Waals surface area contributed by atoms with Gasteiger partial charge in [-0.3, -0.25) is 4.79 Å². The van der Waals surface area contributed by atoms with Crippen molar-refractivity contribution in [2.75, 3.05) is 18.1 Å². The van der Waals surface area contributed by atoms with E-state index in [1.165, 1.54) is 0 Å². The molecule has 0 heterocycles. The SMILES string of the molecule is CC(C)NC(=O)CS(=O)(=O)CCCC(C)(C)CN. The molecule has 6 heteroatoms. The molecule has 0 bridgehead atoms. The van der Waals surface area contributed by atoms with Gasteiger partial charge in [-0.05, 0) is 38.6 Å². The van der Waals surface area contributed by atoms with Gasteiger partial charge in [-0.15, -0.1) is 0 Å². The summed E-state index contributed by atoms with van der Waals surface area (Å²) in [5.74, 6) is -0.806. The zero-order valence-electron chi connectivity index (χ0n) is 11.8. The van der Waals surface area contributed by atoms with Gasteiger partial charge in [0.1, 0.15) is 5.75 Å². The summed E-state index contributed by atoms with van der Waals surface area (Å²) in [5, 5.41) is 2.58. The Hall–Kier alpha value is -0.620. The van der Waals surface area contributed by atoms with Gasteiger partial charge in [-0.25, -0.2) is 8.42 Å². The summed E-state index contributed by atoms with van der Waals surface area (Å²) >= 11 is 0. The van der Waals surface area contributed by atoms with E-state index in [0.29, 0.717) is 13.0 Å². The second kappa shape index (κ2) is 7.09. The maximum absolute atomic E-state index is 11.7. The minimum absolute atomic E-state index is 0.0381. The number of carbonyl (C=O) groups excluding carboxylic acids is 1. The van der Waals surface area contributed by atoms with Crippen LogP contribution < -0.4 is 11.1 Å². The number of hydrogen-bond donors (Lipinski definition) is 2. The monoisotopic (exact) mass is 278 g/mol. The first-order valence-electron chi connectivity index (χ1n) is 6.28. The van der Waals surface area contributed by atoms with E-state index in [4.69, 9.17) is 5.73 Å². The molecule has 0 aromatic rings. The predicted octanol–water partition coefficient (Wildman–Crippen LogP) is 0.691. The number of rotatable bonds is 8. The molecule has 0 radical (unpaired) electrons. The Morgan fingerprint density at radius 1 is 1.33 bits per heavy atom. The third-order valence-corrected chi connectivity index (χ3v) is 4.27. The van der Waals surface area contributed by atoms with Crippen LogP contribution in [-0.4, -0.2) is 38.4 Å². The normalized spacial score (nSPS) is 12.8. The zero-order chi connectivity index (χ0) is 14.4. The molecule has 0 aliphatic carbocycles. The van der Waals surface area contributed by atoms with Gasteiger partial charge in [0, 0.05) is 6.04 Å². The summed E-state index contributed by atoms with van der Waals surface area (Å²) < 4.78 is 23.4. The Balaban J connectivity index is 4.13. The highest BCUT2D eigenvalue weighted by atomic mass is 32.2. The Kier molecular flexibility index (Phi) is 6.84. The molecule has 1 amide bonds. The van der Waals surface area contributed by atoms with Gasteiger partial charge in [-0.2, -0.15) is 0 Å². The Morgan fingerprint density at radius 3 is 2.33 bits per heavy atom. The van der Waals surface area contributed by atoms with E-state index in [-0.39, 0.29) is 17.2 Å². The van der Waals surface area contributed by atoms with Gasteiger partial charge in [-0.1, -0.05) is 13.8 Å². The van der Waals surface area contributed by atoms with Gasteiger partial charge in [0.15, 0.2) is 9.84 Å². The first-order chi connectivity index (χ1) is 8.08. The van der Waals surface area contributed by atoms with Crippen molar-refractivity contribution in [3.63, 3.8) is 0 Å². The molecule has 0 spiro atoms. The summed E-state index contributed by atoms with van der Waals surface area (Å²) in [6, 6.07) is -0.0381. The van der Waals surface area contributed by atoms with Crippen molar-refractivity contribution in [1.29, 1.82) is 0 Å². The van der Waals surface area contributed by atoms with Crippen LogP contribution in [0.2, 0.25) is 0 Å². The van der Waals surface area contributed by atoms with Crippen LogP contribution in [0.25, 0.3) is 0 Å². The standard InChI is InChI=1S/C12H26N2O3S/c1-10(2)14-11(15)8-18(16,17)7-5-6-12(3,4)9-13/h10H,5-9,13H2,1-4H3,(H,14,15). The van der Waals surface area contributed by atoms with Gasteiger partial charge >= 0.3 is 0 Å². The smallest absolute Gasteiger partial charge is 0.235 e. The molecule has 0 saturated heterocycles. The third kappa shape index (κ3) is 8.47. The minimum Gasteiger partial charge on any atom is -0.353 e. The summed E-state index contributed by atoms with van der Waals surface area (Å²) in [7, 11) is -3.31. The average Bonchev–Trinajstić information content (AvgIpc) is 2.14. The van der Waals surface area contributed by atoms with Crippen LogP contribution in [0.4, 0.5) is 0 Å². The fourth-order valence-electron chi connectivity index (χ4n) is 1.51. The van der Waals surface area contributed by atoms with Gasteiger partial charge in [0.05, 0.1) is 5.75 Å². The van der Waals surface area contributed by atoms with E-state index in [0.717, 1.165) is 6.42 Å². The molecule has 108 valence electrons. The third-order valence-electron chi connectivity index (χ3n) is 2.66. The van der Waals surface area contributed by atoms with E-state index in [1.54, 1.807) is 13.8 Å². The molecule has 0 unspecified atom stereocenters. The molecule has 5 nitrogen and oxygen atoms in total. The topological polar surface area (TPSA) is 89.3 Å². The van der Waals surface area contributed by atoms with Crippen molar-refractivity contribution < 1.29 is 13.2 Å². The lowest BCUT2D eigenvalue weighted by atomic mass is 9.88. The van der Waals surface area contributed by atoms with E-state index in [9.17, 15) is 13.2 Å². The summed E-state index contributed by atoms with van der Waals surface area (Å²) in [6.45, 7) is 8.14. The number of nitrogens with one attached hydrogen (secondary N) is 1. The quantitative estimate of drug-likeness (QED) is 0.683. The molecule has 0 aromatic carbocycles. The highest BCUT2D eigenvalue weighted by molar-refractivity contribution is 7.92. The summed E-state index contributed by atoms with van der Waals surface area (Å²) in [5.41, 5.74) is 5.53. The Morgan fingerprint density at radius 2 is 1.89 bits per heavy atom. The van der Waals surface area contributed by atoms with Crippen molar-refractivity contribution in [1.82, 2.24) is 5.32 Å². The fraction of sp³-hybridized carbons (Fsp3) is 0.917. The van der Waals surface area contributed by atoms with Gasteiger partial charge < -0.3 is 11.1 Å². The second-order valence-corrected chi connectivity index (χ2v) is 7.97. The summed E-state index contributed by atoms with van der Waals surface area (Å²) in [4.78, 5) is 11.4. The lowest BCUT2D eigenvalue weighted by Crippen LogP contribution is -2.35. The van der Waals surface area contributed by atoms with Crippen LogP contribution >= 0.6 is 0 Å². The number of hydrogen-bond acceptors (Lipinski definition) is 4. The van der Waals surface area contributed by atoms with Crippen LogP contribution in [0.3, 0.4) is 0 Å². The number of nitrogens with two attached hydrogens (primary N) is 1. The molecule has 0 aliphatic rings. The van der Waals surface area contributed by atoms with Gasteiger partial charge in [0.2, 0.25) is 5.91 Å². The van der Waals surface area contributed by atoms with Crippen molar-refractivity contribution in [3.05, 3.63) is 0 Å². The van der Waals surface area contributed by atoms with Crippen molar-refractivity contribution in [2.45, 2.75) is 46.6 Å². The second-order valence-electron chi connectivity index (χ2n) is 5.79. The zero-order valence-corrected chi connectivity index (χ0v) is 12.6. The van der Waals surface area contributed by atoms with Crippen molar-refractivity contribution in [2.24, 2.45) is 11.1 Å². The van der Waals surface area contributed by atoms with Gasteiger partial charge in [0.25, 0.3) is 0 Å². The van der Waals surface area contributed by atoms with Crippen molar-refractivity contribution in [3.8, 4) is 0 Å². The molecule has 0 fully saturated rings. The summed E-state index contributed by atoms with van der Waals surface area (Å²) in [6.07, 6.45) is 1.29. The highest BCUT2D eigenvalue weighted by Gasteiger charge is 2.20. The number of amides is 1. The van der Waals surface area contributed by atoms with Crippen LogP contribution in [-0.2, 0) is 14.6 Å². The largest absolute Gasteiger partial charge is 0.353 e. The Labute approximate surface area is 110 Å². The predicted molar refractivity (Wildman–Crippen MR) is 74.0 cm³/mol. The van der Waals surface area contributed by atoms with Crippen LogP contribution in [0.15, 0.2) is 0 Å². The first-order valence-corrected chi connectivity index (χ1v) is 8.10. The molecule has 18 heavy (non-hydrogen) atoms. The molecule has 0 aromatic heterocycles. The molecule has 0 aliphatic heterocycles. The van der Waals surface area contributed by atoms with Crippen molar-refractivity contribution >= 4 is 15.7 Å². The molecule has 0 rings (SSSR count). The molecular formula is C12H26N2O3S. The average molecular weight is 278 g/mol. The molecule has 3 N–H and O–H groups in total.